The molecule has 2 heterocycles. The maximum Gasteiger partial charge on any atom is 0.408 e. The Labute approximate surface area is 111 Å². The van der Waals surface area contributed by atoms with E-state index in [9.17, 15) is 13.2 Å². The van der Waals surface area contributed by atoms with Gasteiger partial charge in [0.2, 0.25) is 5.95 Å². The van der Waals surface area contributed by atoms with Gasteiger partial charge in [0.25, 0.3) is 0 Å². The highest BCUT2D eigenvalue weighted by atomic mass is 35.5. The third-order valence-electron chi connectivity index (χ3n) is 2.15. The first-order chi connectivity index (χ1) is 8.83. The summed E-state index contributed by atoms with van der Waals surface area (Å²) in [5.74, 6) is 0.235. The van der Waals surface area contributed by atoms with Gasteiger partial charge in [0.1, 0.15) is 6.54 Å². The lowest BCUT2D eigenvalue weighted by atomic mass is 10.4. The fourth-order valence-electron chi connectivity index (χ4n) is 1.40. The monoisotopic (exact) mass is 291 g/mol. The molecule has 2 aromatic heterocycles. The second kappa shape index (κ2) is 5.04. The summed E-state index contributed by atoms with van der Waals surface area (Å²) in [5.41, 5.74) is 0.828. The lowest BCUT2D eigenvalue weighted by Crippen LogP contribution is -2.17. The van der Waals surface area contributed by atoms with Crippen LogP contribution in [0, 0.1) is 6.92 Å². The Bertz CT molecular complexity index is 564. The number of aromatic nitrogens is 4. The molecule has 0 spiro atoms. The van der Waals surface area contributed by atoms with Crippen molar-refractivity contribution in [2.24, 2.45) is 0 Å². The van der Waals surface area contributed by atoms with Gasteiger partial charge in [-0.2, -0.15) is 18.3 Å². The Balaban J connectivity index is 2.15. The fraction of sp³-hybridized carbons (Fsp3) is 0.300. The van der Waals surface area contributed by atoms with Gasteiger partial charge in [0, 0.05) is 6.20 Å². The first-order valence-electron chi connectivity index (χ1n) is 5.19. The number of nitrogens with one attached hydrogen (secondary N) is 1. The van der Waals surface area contributed by atoms with Crippen LogP contribution >= 0.6 is 11.6 Å². The Morgan fingerprint density at radius 1 is 1.32 bits per heavy atom. The normalized spacial score (nSPS) is 11.6. The summed E-state index contributed by atoms with van der Waals surface area (Å²) in [4.78, 5) is 7.77. The quantitative estimate of drug-likeness (QED) is 0.944. The second-order valence-corrected chi connectivity index (χ2v) is 4.23. The number of halogens is 4. The minimum Gasteiger partial charge on any atom is -0.321 e. The van der Waals surface area contributed by atoms with Crippen molar-refractivity contribution in [1.29, 1.82) is 0 Å². The average Bonchev–Trinajstić information content (AvgIpc) is 2.60. The lowest BCUT2D eigenvalue weighted by molar-refractivity contribution is -0.142. The number of hydrogen-bond acceptors (Lipinski definition) is 4. The van der Waals surface area contributed by atoms with E-state index in [1.807, 2.05) is 0 Å². The van der Waals surface area contributed by atoms with Crippen molar-refractivity contribution in [2.45, 2.75) is 19.6 Å². The van der Waals surface area contributed by atoms with E-state index in [-0.39, 0.29) is 5.95 Å². The van der Waals surface area contributed by atoms with Gasteiger partial charge in [-0.1, -0.05) is 11.6 Å². The number of aryl methyl sites for hydroxylation is 1. The highest BCUT2D eigenvalue weighted by Crippen LogP contribution is 2.21. The standard InChI is InChI=1S/C10H9ClF3N5/c1-6-8(4-19(18-6)5-10(12,13)14)17-9-15-2-7(11)3-16-9/h2-4H,5H2,1H3,(H,15,16,17). The molecule has 19 heavy (non-hydrogen) atoms. The molecule has 0 aliphatic rings. The Hall–Kier alpha value is -1.83. The summed E-state index contributed by atoms with van der Waals surface area (Å²) < 4.78 is 37.5. The van der Waals surface area contributed by atoms with Crippen LogP contribution in [0.15, 0.2) is 18.6 Å². The summed E-state index contributed by atoms with van der Waals surface area (Å²) >= 11 is 5.63. The maximum absolute atomic E-state index is 12.2. The molecule has 0 aromatic carbocycles. The van der Waals surface area contributed by atoms with Gasteiger partial charge in [-0.15, -0.1) is 0 Å². The third-order valence-corrected chi connectivity index (χ3v) is 2.35. The molecule has 0 fully saturated rings. The molecule has 5 nitrogen and oxygen atoms in total. The van der Waals surface area contributed by atoms with Crippen molar-refractivity contribution in [3.63, 3.8) is 0 Å². The van der Waals surface area contributed by atoms with E-state index in [0.29, 0.717) is 16.4 Å². The second-order valence-electron chi connectivity index (χ2n) is 3.79. The van der Waals surface area contributed by atoms with Crippen LogP contribution in [0.25, 0.3) is 0 Å². The molecule has 0 atom stereocenters. The lowest BCUT2D eigenvalue weighted by Gasteiger charge is -2.05. The zero-order valence-electron chi connectivity index (χ0n) is 9.74. The van der Waals surface area contributed by atoms with E-state index in [1.165, 1.54) is 18.6 Å². The van der Waals surface area contributed by atoms with Crippen LogP contribution in [0.2, 0.25) is 5.02 Å². The van der Waals surface area contributed by atoms with Crippen molar-refractivity contribution in [1.82, 2.24) is 19.7 Å². The zero-order chi connectivity index (χ0) is 14.0. The van der Waals surface area contributed by atoms with E-state index in [1.54, 1.807) is 6.92 Å². The Kier molecular flexibility index (Phi) is 3.61. The molecule has 102 valence electrons. The van der Waals surface area contributed by atoms with Gasteiger partial charge in [-0.25, -0.2) is 9.97 Å². The molecule has 0 saturated carbocycles. The van der Waals surface area contributed by atoms with Gasteiger partial charge in [0.15, 0.2) is 0 Å². The SMILES string of the molecule is Cc1nn(CC(F)(F)F)cc1Nc1ncc(Cl)cn1. The minimum absolute atomic E-state index is 0.235. The van der Waals surface area contributed by atoms with Crippen LogP contribution < -0.4 is 5.32 Å². The van der Waals surface area contributed by atoms with E-state index in [0.717, 1.165) is 4.68 Å². The average molecular weight is 292 g/mol. The molecule has 1 N–H and O–H groups in total. The van der Waals surface area contributed by atoms with Gasteiger partial charge in [-0.3, -0.25) is 4.68 Å². The summed E-state index contributed by atoms with van der Waals surface area (Å²) in [6.45, 7) is 0.447. The molecular weight excluding hydrogens is 283 g/mol. The first-order valence-corrected chi connectivity index (χ1v) is 5.57. The molecule has 0 aliphatic heterocycles. The smallest absolute Gasteiger partial charge is 0.321 e. The number of hydrogen-bond donors (Lipinski definition) is 1. The number of alkyl halides is 3. The fourth-order valence-corrected chi connectivity index (χ4v) is 1.50. The number of rotatable bonds is 3. The van der Waals surface area contributed by atoms with E-state index >= 15 is 0 Å². The predicted molar refractivity (Wildman–Crippen MR) is 63.3 cm³/mol. The van der Waals surface area contributed by atoms with E-state index in [2.05, 4.69) is 20.4 Å². The van der Waals surface area contributed by atoms with Crippen molar-refractivity contribution < 1.29 is 13.2 Å². The summed E-state index contributed by atoms with van der Waals surface area (Å²) in [6, 6.07) is 0. The summed E-state index contributed by atoms with van der Waals surface area (Å²) in [7, 11) is 0. The summed E-state index contributed by atoms with van der Waals surface area (Å²) in [6.07, 6.45) is -0.300. The van der Waals surface area contributed by atoms with Crippen LogP contribution in [0.4, 0.5) is 24.8 Å². The van der Waals surface area contributed by atoms with Crippen LogP contribution in [-0.4, -0.2) is 25.9 Å². The molecule has 2 rings (SSSR count). The van der Waals surface area contributed by atoms with Crippen LogP contribution in [-0.2, 0) is 6.54 Å². The maximum atomic E-state index is 12.2. The van der Waals surface area contributed by atoms with Crippen molar-refractivity contribution in [3.05, 3.63) is 29.3 Å². The highest BCUT2D eigenvalue weighted by Gasteiger charge is 2.28. The highest BCUT2D eigenvalue weighted by molar-refractivity contribution is 6.30. The van der Waals surface area contributed by atoms with Crippen molar-refractivity contribution >= 4 is 23.2 Å². The summed E-state index contributed by atoms with van der Waals surface area (Å²) in [5, 5.41) is 6.91. The third kappa shape index (κ3) is 3.82. The molecule has 0 bridgehead atoms. The van der Waals surface area contributed by atoms with Crippen molar-refractivity contribution in [3.8, 4) is 0 Å². The zero-order valence-corrected chi connectivity index (χ0v) is 10.5. The molecule has 0 aliphatic carbocycles. The largest absolute Gasteiger partial charge is 0.408 e. The van der Waals surface area contributed by atoms with Gasteiger partial charge in [-0.05, 0) is 6.92 Å². The van der Waals surface area contributed by atoms with Crippen LogP contribution in [0.3, 0.4) is 0 Å². The molecular formula is C10H9ClF3N5. The van der Waals surface area contributed by atoms with E-state index in [4.69, 9.17) is 11.6 Å². The molecule has 0 amide bonds. The Morgan fingerprint density at radius 2 is 1.95 bits per heavy atom. The number of nitrogens with zero attached hydrogens (tertiary/aromatic N) is 4. The molecule has 9 heteroatoms. The topological polar surface area (TPSA) is 55.6 Å². The number of anilines is 2. The minimum atomic E-state index is -4.31. The predicted octanol–water partition coefficient (Wildman–Crippen LogP) is 2.94. The molecule has 0 unspecified atom stereocenters. The molecule has 0 radical (unpaired) electrons. The van der Waals surface area contributed by atoms with Crippen LogP contribution in [0.1, 0.15) is 5.69 Å². The molecule has 2 aromatic rings. The van der Waals surface area contributed by atoms with Crippen LogP contribution in [0.5, 0.6) is 0 Å². The van der Waals surface area contributed by atoms with E-state index < -0.39 is 12.7 Å². The van der Waals surface area contributed by atoms with Gasteiger partial charge >= 0.3 is 6.18 Å². The first kappa shape index (κ1) is 13.6. The van der Waals surface area contributed by atoms with Crippen molar-refractivity contribution in [2.75, 3.05) is 5.32 Å². The van der Waals surface area contributed by atoms with Gasteiger partial charge < -0.3 is 5.32 Å². The van der Waals surface area contributed by atoms with Gasteiger partial charge in [0.05, 0.1) is 28.8 Å². The Morgan fingerprint density at radius 3 is 2.53 bits per heavy atom. The molecule has 0 saturated heterocycles.